The van der Waals surface area contributed by atoms with Crippen LogP contribution in [0.3, 0.4) is 0 Å². The molecule has 0 spiro atoms. The minimum absolute atomic E-state index is 0.0268. The molecule has 4 rings (SSSR count). The lowest BCUT2D eigenvalue weighted by Gasteiger charge is -2.62. The van der Waals surface area contributed by atoms with E-state index in [9.17, 15) is 4.79 Å². The summed E-state index contributed by atoms with van der Waals surface area (Å²) in [6.45, 7) is 22.2. The fraction of sp³-hybridized carbons (Fsp3) is 0.881. The molecule has 2 saturated carbocycles. The molecule has 0 heterocycles. The predicted octanol–water partition coefficient (Wildman–Crippen LogP) is 13.0. The number of fused-ring (bicyclic) bond motifs is 4. The maximum absolute atomic E-state index is 13.0. The largest absolute Gasteiger partial charge is 0.462 e. The number of esters is 1. The van der Waals surface area contributed by atoms with Gasteiger partial charge in [-0.05, 0) is 118 Å². The molecular weight excluding hydrogens is 536 g/mol. The molecule has 2 unspecified atom stereocenters. The molecule has 4 aliphatic rings. The summed E-state index contributed by atoms with van der Waals surface area (Å²) in [5.74, 6) is 2.30. The number of carbonyl (C=O) groups is 1. The van der Waals surface area contributed by atoms with E-state index < -0.39 is 0 Å². The van der Waals surface area contributed by atoms with Crippen molar-refractivity contribution in [2.45, 2.75) is 197 Å². The zero-order valence-corrected chi connectivity index (χ0v) is 30.8. The second-order valence-electron chi connectivity index (χ2n) is 17.6. The first-order valence-electron chi connectivity index (χ1n) is 19.4. The minimum Gasteiger partial charge on any atom is -0.462 e. The number of hydrogen-bond donors (Lipinski definition) is 0. The van der Waals surface area contributed by atoms with Crippen LogP contribution in [0.1, 0.15) is 191 Å². The molecule has 0 N–H and O–H groups in total. The van der Waals surface area contributed by atoms with Gasteiger partial charge in [-0.3, -0.25) is 4.79 Å². The van der Waals surface area contributed by atoms with Crippen molar-refractivity contribution in [3.05, 3.63) is 22.8 Å². The zero-order valence-electron chi connectivity index (χ0n) is 30.8. The lowest BCUT2D eigenvalue weighted by Crippen LogP contribution is -2.55. The van der Waals surface area contributed by atoms with Crippen molar-refractivity contribution in [3.63, 3.8) is 0 Å². The molecule has 0 radical (unpaired) electrons. The number of ether oxygens (including phenoxy) is 1. The summed E-state index contributed by atoms with van der Waals surface area (Å²) < 4.78 is 6.34. The molecule has 2 heteroatoms. The van der Waals surface area contributed by atoms with Crippen LogP contribution in [0.15, 0.2) is 22.8 Å². The van der Waals surface area contributed by atoms with Gasteiger partial charge in [0, 0.05) is 11.8 Å². The molecular formula is C42H72O2. The Labute approximate surface area is 274 Å². The van der Waals surface area contributed by atoms with Gasteiger partial charge >= 0.3 is 5.97 Å². The highest BCUT2D eigenvalue weighted by molar-refractivity contribution is 5.69. The molecule has 0 saturated heterocycles. The highest BCUT2D eigenvalue weighted by atomic mass is 16.5. The summed E-state index contributed by atoms with van der Waals surface area (Å²) in [5.41, 5.74) is 6.25. The van der Waals surface area contributed by atoms with Crippen LogP contribution >= 0.6 is 0 Å². The van der Waals surface area contributed by atoms with E-state index >= 15 is 0 Å². The van der Waals surface area contributed by atoms with Crippen molar-refractivity contribution in [2.24, 2.45) is 39.4 Å². The molecule has 0 aromatic heterocycles. The summed E-state index contributed by atoms with van der Waals surface area (Å²) in [4.78, 5) is 13.0. The molecule has 4 aliphatic carbocycles. The predicted molar refractivity (Wildman–Crippen MR) is 189 cm³/mol. The molecule has 2 fully saturated rings. The van der Waals surface area contributed by atoms with Crippen molar-refractivity contribution in [1.29, 1.82) is 0 Å². The number of hydrogen-bond acceptors (Lipinski definition) is 2. The third-order valence-corrected chi connectivity index (χ3v) is 14.4. The van der Waals surface area contributed by atoms with E-state index in [2.05, 4.69) is 68.4 Å². The summed E-state index contributed by atoms with van der Waals surface area (Å²) >= 11 is 0. The zero-order chi connectivity index (χ0) is 32.2. The molecule has 7 atom stereocenters. The van der Waals surface area contributed by atoms with Crippen LogP contribution in [0.25, 0.3) is 0 Å². The quantitative estimate of drug-likeness (QED) is 0.105. The van der Waals surface area contributed by atoms with Gasteiger partial charge in [0.05, 0.1) is 0 Å². The Morgan fingerprint density at radius 2 is 1.50 bits per heavy atom. The maximum atomic E-state index is 13.0. The number of rotatable bonds is 15. The van der Waals surface area contributed by atoms with Gasteiger partial charge in [-0.15, -0.1) is 0 Å². The van der Waals surface area contributed by atoms with Crippen LogP contribution in [0.5, 0.6) is 0 Å². The first-order valence-corrected chi connectivity index (χ1v) is 19.4. The molecule has 0 amide bonds. The number of allylic oxidation sites excluding steroid dienone is 4. The molecule has 252 valence electrons. The second-order valence-corrected chi connectivity index (χ2v) is 17.6. The van der Waals surface area contributed by atoms with E-state index in [-0.39, 0.29) is 22.9 Å². The smallest absolute Gasteiger partial charge is 0.306 e. The Kier molecular flexibility index (Phi) is 12.0. The van der Waals surface area contributed by atoms with Crippen LogP contribution in [-0.4, -0.2) is 12.1 Å². The van der Waals surface area contributed by atoms with Crippen LogP contribution in [0.4, 0.5) is 0 Å². The van der Waals surface area contributed by atoms with Crippen LogP contribution < -0.4 is 0 Å². The summed E-state index contributed by atoms with van der Waals surface area (Å²) in [6.07, 6.45) is 27.4. The second kappa shape index (κ2) is 14.8. The fourth-order valence-corrected chi connectivity index (χ4v) is 11.5. The van der Waals surface area contributed by atoms with Crippen LogP contribution in [0, 0.1) is 39.4 Å². The van der Waals surface area contributed by atoms with Gasteiger partial charge in [0.2, 0.25) is 0 Å². The van der Waals surface area contributed by atoms with E-state index in [1.54, 1.807) is 0 Å². The van der Waals surface area contributed by atoms with Gasteiger partial charge in [-0.1, -0.05) is 123 Å². The van der Waals surface area contributed by atoms with E-state index in [0.29, 0.717) is 23.2 Å². The minimum atomic E-state index is 0.0268. The van der Waals surface area contributed by atoms with E-state index in [4.69, 9.17) is 4.74 Å². The summed E-state index contributed by atoms with van der Waals surface area (Å²) in [6, 6.07) is 0. The molecule has 2 nitrogen and oxygen atoms in total. The molecule has 0 bridgehead atoms. The van der Waals surface area contributed by atoms with Gasteiger partial charge in [0.1, 0.15) is 6.10 Å². The van der Waals surface area contributed by atoms with Gasteiger partial charge < -0.3 is 4.74 Å². The van der Waals surface area contributed by atoms with Crippen LogP contribution in [0.2, 0.25) is 0 Å². The van der Waals surface area contributed by atoms with E-state index in [1.165, 1.54) is 115 Å². The SMILES string of the molecule is CCCCCCCCCCCC(=O)OC1CC[C@]2(C)C3=C(CCC2C1(C)C)[C@]1(C)CC[C@H]([C@H](C)CCC=C(C)C)[C@@]1(C)CC3. The van der Waals surface area contributed by atoms with Crippen molar-refractivity contribution >= 4 is 5.97 Å². The lowest BCUT2D eigenvalue weighted by molar-refractivity contribution is -0.170. The molecule has 0 aliphatic heterocycles. The standard InChI is InChI=1S/C42H72O2/c1-10-11-12-13-14-15-16-17-18-22-38(43)44-37-27-28-40(7)34-26-30-41(8)33(32(4)21-19-20-31(2)3)25-29-42(41,9)35(34)23-24-36(40)39(37,5)6/h20,32-33,36-37H,10-19,21-30H2,1-9H3/t32-,33-,36?,37?,40-,41-,42+/m1/s1. The van der Waals surface area contributed by atoms with Crippen molar-refractivity contribution in [2.75, 3.05) is 0 Å². The van der Waals surface area contributed by atoms with Crippen molar-refractivity contribution in [1.82, 2.24) is 0 Å². The highest BCUT2D eigenvalue weighted by Gasteiger charge is 2.63. The number of unbranched alkanes of at least 4 members (excludes halogenated alkanes) is 8. The third kappa shape index (κ3) is 7.10. The van der Waals surface area contributed by atoms with Gasteiger partial charge in [-0.25, -0.2) is 0 Å². The first kappa shape index (κ1) is 35.8. The van der Waals surface area contributed by atoms with Crippen molar-refractivity contribution < 1.29 is 9.53 Å². The maximum Gasteiger partial charge on any atom is 0.306 e. The van der Waals surface area contributed by atoms with Crippen molar-refractivity contribution in [3.8, 4) is 0 Å². The van der Waals surface area contributed by atoms with E-state index in [1.807, 2.05) is 11.1 Å². The Morgan fingerprint density at radius 1 is 0.841 bits per heavy atom. The topological polar surface area (TPSA) is 26.3 Å². The Balaban J connectivity index is 1.36. The summed E-state index contributed by atoms with van der Waals surface area (Å²) in [7, 11) is 0. The normalized spacial score (nSPS) is 35.0. The fourth-order valence-electron chi connectivity index (χ4n) is 11.5. The Hall–Kier alpha value is -1.05. The van der Waals surface area contributed by atoms with Gasteiger partial charge in [0.25, 0.3) is 0 Å². The Morgan fingerprint density at radius 3 is 2.16 bits per heavy atom. The average molecular weight is 609 g/mol. The Bertz CT molecular complexity index is 1030. The van der Waals surface area contributed by atoms with Gasteiger partial charge in [-0.2, -0.15) is 0 Å². The average Bonchev–Trinajstić information content (AvgIpc) is 3.24. The first-order chi connectivity index (χ1) is 20.8. The van der Waals surface area contributed by atoms with Gasteiger partial charge in [0.15, 0.2) is 0 Å². The summed E-state index contributed by atoms with van der Waals surface area (Å²) in [5, 5.41) is 0. The monoisotopic (exact) mass is 609 g/mol. The molecule has 44 heavy (non-hydrogen) atoms. The number of carbonyl (C=O) groups excluding carboxylic acids is 1. The highest BCUT2D eigenvalue weighted by Crippen LogP contribution is 2.72. The third-order valence-electron chi connectivity index (χ3n) is 14.4. The van der Waals surface area contributed by atoms with E-state index in [0.717, 1.165) is 24.7 Å². The lowest BCUT2D eigenvalue weighted by atomic mass is 9.43. The molecule has 0 aromatic carbocycles. The van der Waals surface area contributed by atoms with Crippen LogP contribution in [-0.2, 0) is 9.53 Å². The molecule has 0 aromatic rings.